The molecule has 0 amide bonds. The van der Waals surface area contributed by atoms with Crippen molar-refractivity contribution >= 4 is 5.97 Å². The van der Waals surface area contributed by atoms with Gasteiger partial charge in [-0.2, -0.15) is 0 Å². The lowest BCUT2D eigenvalue weighted by atomic mass is 9.94. The van der Waals surface area contributed by atoms with Gasteiger partial charge in [-0.25, -0.2) is 0 Å². The van der Waals surface area contributed by atoms with Crippen LogP contribution < -0.4 is 5.32 Å². The molecule has 26 heavy (non-hydrogen) atoms. The molecule has 3 nitrogen and oxygen atoms in total. The van der Waals surface area contributed by atoms with Crippen molar-refractivity contribution < 1.29 is 9.90 Å². The monoisotopic (exact) mass is 363 g/mol. The molecule has 1 aromatic rings. The van der Waals surface area contributed by atoms with Gasteiger partial charge in [0.15, 0.2) is 0 Å². The molecule has 0 aliphatic carbocycles. The van der Waals surface area contributed by atoms with E-state index in [0.29, 0.717) is 0 Å². The topological polar surface area (TPSA) is 49.3 Å². The standard InChI is InChI=1S/C21H37N.C2H4O2/c1-4-5-6-7-8-9-10-11-12-16-19-22-21(2,3)20-17-14-13-15-18-20;1-2(3)4/h13-15,17-18,22H,4-12,16,19H2,1-3H3;1H3,(H,3,4). The second-order valence-electron chi connectivity index (χ2n) is 7.62. The highest BCUT2D eigenvalue weighted by Gasteiger charge is 2.18. The molecular formula is C23H41NO2. The molecule has 0 heterocycles. The quantitative estimate of drug-likeness (QED) is 0.392. The van der Waals surface area contributed by atoms with Crippen LogP contribution in [0.15, 0.2) is 30.3 Å². The van der Waals surface area contributed by atoms with Crippen molar-refractivity contribution in [3.63, 3.8) is 0 Å². The van der Waals surface area contributed by atoms with Crippen LogP contribution in [0.25, 0.3) is 0 Å². The van der Waals surface area contributed by atoms with E-state index >= 15 is 0 Å². The number of aliphatic carboxylic acids is 1. The summed E-state index contributed by atoms with van der Waals surface area (Å²) < 4.78 is 0. The van der Waals surface area contributed by atoms with Gasteiger partial charge in [0.25, 0.3) is 5.97 Å². The number of nitrogens with one attached hydrogen (secondary N) is 1. The van der Waals surface area contributed by atoms with Crippen LogP contribution >= 0.6 is 0 Å². The summed E-state index contributed by atoms with van der Waals surface area (Å²) in [7, 11) is 0. The van der Waals surface area contributed by atoms with E-state index in [0.717, 1.165) is 13.5 Å². The van der Waals surface area contributed by atoms with E-state index in [1.165, 1.54) is 69.8 Å². The molecule has 0 saturated carbocycles. The van der Waals surface area contributed by atoms with Gasteiger partial charge in [0.1, 0.15) is 0 Å². The van der Waals surface area contributed by atoms with Gasteiger partial charge in [-0.3, -0.25) is 4.79 Å². The predicted octanol–water partition coefficient (Wildman–Crippen LogP) is 6.52. The van der Waals surface area contributed by atoms with Crippen LogP contribution in [0.5, 0.6) is 0 Å². The summed E-state index contributed by atoms with van der Waals surface area (Å²) in [4.78, 5) is 9.00. The molecule has 3 heteroatoms. The van der Waals surface area contributed by atoms with E-state index < -0.39 is 5.97 Å². The second kappa shape index (κ2) is 15.9. The Morgan fingerprint density at radius 3 is 1.77 bits per heavy atom. The minimum atomic E-state index is -0.833. The Hall–Kier alpha value is -1.35. The molecule has 2 N–H and O–H groups in total. The zero-order valence-corrected chi connectivity index (χ0v) is 17.5. The van der Waals surface area contributed by atoms with Gasteiger partial charge in [-0.05, 0) is 32.4 Å². The van der Waals surface area contributed by atoms with E-state index in [1.807, 2.05) is 0 Å². The van der Waals surface area contributed by atoms with Crippen LogP contribution in [-0.2, 0) is 10.3 Å². The van der Waals surface area contributed by atoms with Crippen molar-refractivity contribution in [1.82, 2.24) is 5.32 Å². The molecule has 0 fully saturated rings. The van der Waals surface area contributed by atoms with E-state index in [9.17, 15) is 0 Å². The SMILES string of the molecule is CC(=O)O.CCCCCCCCCCCCNC(C)(C)c1ccccc1. The number of unbranched alkanes of at least 4 members (excludes halogenated alkanes) is 9. The van der Waals surface area contributed by atoms with Gasteiger partial charge < -0.3 is 10.4 Å². The molecule has 0 unspecified atom stereocenters. The lowest BCUT2D eigenvalue weighted by molar-refractivity contribution is -0.134. The minimum Gasteiger partial charge on any atom is -0.481 e. The first-order valence-electron chi connectivity index (χ1n) is 10.4. The largest absolute Gasteiger partial charge is 0.481 e. The van der Waals surface area contributed by atoms with Crippen LogP contribution in [0.2, 0.25) is 0 Å². The number of hydrogen-bond acceptors (Lipinski definition) is 2. The van der Waals surface area contributed by atoms with Gasteiger partial charge in [0.05, 0.1) is 0 Å². The highest BCUT2D eigenvalue weighted by atomic mass is 16.4. The Morgan fingerprint density at radius 2 is 1.31 bits per heavy atom. The highest BCUT2D eigenvalue weighted by molar-refractivity contribution is 5.62. The van der Waals surface area contributed by atoms with E-state index in [1.54, 1.807) is 0 Å². The third kappa shape index (κ3) is 14.9. The lowest BCUT2D eigenvalue weighted by Gasteiger charge is -2.27. The Morgan fingerprint density at radius 1 is 0.885 bits per heavy atom. The number of rotatable bonds is 13. The Balaban J connectivity index is 0.00000141. The first kappa shape index (κ1) is 24.7. The minimum absolute atomic E-state index is 0.0839. The van der Waals surface area contributed by atoms with Crippen LogP contribution in [0.4, 0.5) is 0 Å². The van der Waals surface area contributed by atoms with Gasteiger partial charge in [0, 0.05) is 12.5 Å². The number of hydrogen-bond donors (Lipinski definition) is 2. The Kier molecular flexibility index (Phi) is 15.0. The molecule has 0 saturated heterocycles. The smallest absolute Gasteiger partial charge is 0.300 e. The number of carbonyl (C=O) groups is 1. The summed E-state index contributed by atoms with van der Waals surface area (Å²) in [5.74, 6) is -0.833. The number of carboxylic acid groups (broad SMARTS) is 1. The zero-order valence-electron chi connectivity index (χ0n) is 17.5. The molecule has 0 aliphatic heterocycles. The van der Waals surface area contributed by atoms with Crippen LogP contribution in [-0.4, -0.2) is 17.6 Å². The predicted molar refractivity (Wildman–Crippen MR) is 113 cm³/mol. The van der Waals surface area contributed by atoms with Crippen molar-refractivity contribution in [2.45, 2.75) is 97.4 Å². The highest BCUT2D eigenvalue weighted by Crippen LogP contribution is 2.19. The molecule has 1 aromatic carbocycles. The number of carboxylic acids is 1. The average Bonchev–Trinajstić information content (AvgIpc) is 2.60. The van der Waals surface area contributed by atoms with E-state index in [-0.39, 0.29) is 5.54 Å². The summed E-state index contributed by atoms with van der Waals surface area (Å²) in [5, 5.41) is 11.1. The molecule has 0 atom stereocenters. The molecule has 150 valence electrons. The Labute approximate surface area is 161 Å². The fourth-order valence-electron chi connectivity index (χ4n) is 2.97. The molecule has 1 rings (SSSR count). The molecule has 0 spiro atoms. The van der Waals surface area contributed by atoms with Crippen LogP contribution in [0, 0.1) is 0 Å². The number of benzene rings is 1. The maximum atomic E-state index is 9.00. The first-order chi connectivity index (χ1) is 12.4. The lowest BCUT2D eigenvalue weighted by Crippen LogP contribution is -2.37. The van der Waals surface area contributed by atoms with Crippen molar-refractivity contribution in [3.8, 4) is 0 Å². The van der Waals surface area contributed by atoms with Gasteiger partial charge in [0.2, 0.25) is 0 Å². The summed E-state index contributed by atoms with van der Waals surface area (Å²) in [6.45, 7) is 9.04. The third-order valence-electron chi connectivity index (χ3n) is 4.59. The van der Waals surface area contributed by atoms with Crippen LogP contribution in [0.1, 0.15) is 97.5 Å². The molecule has 0 radical (unpaired) electrons. The van der Waals surface area contributed by atoms with Crippen molar-refractivity contribution in [2.75, 3.05) is 6.54 Å². The van der Waals surface area contributed by atoms with Gasteiger partial charge in [-0.1, -0.05) is 95.0 Å². The van der Waals surface area contributed by atoms with Crippen molar-refractivity contribution in [3.05, 3.63) is 35.9 Å². The van der Waals surface area contributed by atoms with E-state index in [2.05, 4.69) is 56.4 Å². The van der Waals surface area contributed by atoms with Crippen LogP contribution in [0.3, 0.4) is 0 Å². The normalized spacial score (nSPS) is 10.9. The van der Waals surface area contributed by atoms with Gasteiger partial charge in [-0.15, -0.1) is 0 Å². The maximum Gasteiger partial charge on any atom is 0.300 e. The van der Waals surface area contributed by atoms with Crippen molar-refractivity contribution in [1.29, 1.82) is 0 Å². The van der Waals surface area contributed by atoms with Gasteiger partial charge >= 0.3 is 0 Å². The second-order valence-corrected chi connectivity index (χ2v) is 7.62. The molecular weight excluding hydrogens is 322 g/mol. The summed E-state index contributed by atoms with van der Waals surface area (Å²) in [6, 6.07) is 10.8. The fourth-order valence-corrected chi connectivity index (χ4v) is 2.97. The average molecular weight is 364 g/mol. The summed E-state index contributed by atoms with van der Waals surface area (Å²) in [6.07, 6.45) is 14.0. The summed E-state index contributed by atoms with van der Waals surface area (Å²) >= 11 is 0. The third-order valence-corrected chi connectivity index (χ3v) is 4.59. The zero-order chi connectivity index (χ0) is 19.7. The Bertz CT molecular complexity index is 439. The molecule has 0 aromatic heterocycles. The summed E-state index contributed by atoms with van der Waals surface area (Å²) in [5.41, 5.74) is 1.46. The fraction of sp³-hybridized carbons (Fsp3) is 0.696. The van der Waals surface area contributed by atoms with E-state index in [4.69, 9.17) is 9.90 Å². The molecule has 0 aliphatic rings. The first-order valence-corrected chi connectivity index (χ1v) is 10.4. The molecule has 0 bridgehead atoms. The maximum absolute atomic E-state index is 9.00. The van der Waals surface area contributed by atoms with Crippen molar-refractivity contribution in [2.24, 2.45) is 0 Å².